The number of hydrogen-bond donors (Lipinski definition) is 1. The summed E-state index contributed by atoms with van der Waals surface area (Å²) in [7, 11) is 5.18. The number of likely N-dealkylation sites (tertiary alicyclic amines) is 1. The first kappa shape index (κ1) is 18.3. The van der Waals surface area contributed by atoms with Gasteiger partial charge in [-0.25, -0.2) is 0 Å². The van der Waals surface area contributed by atoms with Gasteiger partial charge in [0.2, 0.25) is 5.91 Å². The molecule has 1 atom stereocenters. The SMILES string of the molecule is COc1ccc(OC)c(C2CCCN2CC(=O)Nc2cnn(C)c2C)c1. The minimum Gasteiger partial charge on any atom is -0.497 e. The minimum atomic E-state index is -0.0325. The Labute approximate surface area is 153 Å². The molecule has 1 fully saturated rings. The molecule has 1 unspecified atom stereocenters. The van der Waals surface area contributed by atoms with Gasteiger partial charge in [0, 0.05) is 18.7 Å². The lowest BCUT2D eigenvalue weighted by molar-refractivity contribution is -0.117. The van der Waals surface area contributed by atoms with Crippen molar-refractivity contribution in [3.8, 4) is 11.5 Å². The predicted molar refractivity (Wildman–Crippen MR) is 99.7 cm³/mol. The van der Waals surface area contributed by atoms with E-state index in [1.807, 2.05) is 32.2 Å². The highest BCUT2D eigenvalue weighted by atomic mass is 16.5. The highest BCUT2D eigenvalue weighted by Crippen LogP contribution is 2.38. The molecule has 1 aromatic carbocycles. The van der Waals surface area contributed by atoms with E-state index in [4.69, 9.17) is 9.47 Å². The van der Waals surface area contributed by atoms with Gasteiger partial charge in [-0.15, -0.1) is 0 Å². The molecule has 2 heterocycles. The van der Waals surface area contributed by atoms with E-state index in [1.54, 1.807) is 25.1 Å². The summed E-state index contributed by atoms with van der Waals surface area (Å²) < 4.78 is 12.6. The molecular formula is C19H26N4O3. The number of benzene rings is 1. The van der Waals surface area contributed by atoms with Crippen LogP contribution >= 0.6 is 0 Å². The van der Waals surface area contributed by atoms with Gasteiger partial charge in [0.05, 0.1) is 38.3 Å². The molecule has 1 aliphatic heterocycles. The zero-order valence-electron chi connectivity index (χ0n) is 15.8. The third kappa shape index (κ3) is 3.67. The van der Waals surface area contributed by atoms with Crippen LogP contribution in [0.5, 0.6) is 11.5 Å². The van der Waals surface area contributed by atoms with Gasteiger partial charge < -0.3 is 14.8 Å². The molecule has 1 saturated heterocycles. The maximum atomic E-state index is 12.5. The van der Waals surface area contributed by atoms with E-state index in [2.05, 4.69) is 15.3 Å². The largest absolute Gasteiger partial charge is 0.497 e. The lowest BCUT2D eigenvalue weighted by Gasteiger charge is -2.26. The number of nitrogens with one attached hydrogen (secondary N) is 1. The summed E-state index contributed by atoms with van der Waals surface area (Å²) >= 11 is 0. The van der Waals surface area contributed by atoms with Crippen molar-refractivity contribution in [2.75, 3.05) is 32.6 Å². The molecule has 2 aromatic rings. The van der Waals surface area contributed by atoms with E-state index in [9.17, 15) is 4.79 Å². The molecule has 3 rings (SSSR count). The summed E-state index contributed by atoms with van der Waals surface area (Å²) in [5.74, 6) is 1.59. The Morgan fingerprint density at radius 2 is 2.15 bits per heavy atom. The molecule has 1 aromatic heterocycles. The van der Waals surface area contributed by atoms with Gasteiger partial charge in [0.15, 0.2) is 0 Å². The third-order valence-corrected chi connectivity index (χ3v) is 5.02. The molecule has 7 nitrogen and oxygen atoms in total. The molecule has 140 valence electrons. The van der Waals surface area contributed by atoms with Crippen molar-refractivity contribution in [3.05, 3.63) is 35.7 Å². The molecule has 0 aliphatic carbocycles. The Hall–Kier alpha value is -2.54. The average Bonchev–Trinajstić information content (AvgIpc) is 3.22. The monoisotopic (exact) mass is 358 g/mol. The topological polar surface area (TPSA) is 68.6 Å². The number of anilines is 1. The van der Waals surface area contributed by atoms with E-state index in [0.29, 0.717) is 6.54 Å². The molecular weight excluding hydrogens is 332 g/mol. The standard InChI is InChI=1S/C19H26N4O3/c1-13-16(11-20-22(13)2)21-19(24)12-23-9-5-6-17(23)15-10-14(25-3)7-8-18(15)26-4/h7-8,10-11,17H,5-6,9,12H2,1-4H3,(H,21,24). The lowest BCUT2D eigenvalue weighted by Crippen LogP contribution is -2.33. The van der Waals surface area contributed by atoms with Crippen molar-refractivity contribution in [3.63, 3.8) is 0 Å². The Balaban J connectivity index is 1.74. The van der Waals surface area contributed by atoms with Crippen LogP contribution in [-0.2, 0) is 11.8 Å². The quantitative estimate of drug-likeness (QED) is 0.859. The third-order valence-electron chi connectivity index (χ3n) is 5.02. The maximum absolute atomic E-state index is 12.5. The number of carbonyl (C=O) groups excluding carboxylic acids is 1. The summed E-state index contributed by atoms with van der Waals surface area (Å²) in [6.07, 6.45) is 3.72. The normalized spacial score (nSPS) is 17.3. The number of aryl methyl sites for hydroxylation is 1. The van der Waals surface area contributed by atoms with Crippen molar-refractivity contribution in [1.29, 1.82) is 0 Å². The van der Waals surface area contributed by atoms with E-state index in [1.165, 1.54) is 0 Å². The molecule has 1 N–H and O–H groups in total. The molecule has 1 amide bonds. The fourth-order valence-corrected chi connectivity index (χ4v) is 3.46. The van der Waals surface area contributed by atoms with Crippen molar-refractivity contribution in [2.24, 2.45) is 7.05 Å². The van der Waals surface area contributed by atoms with Crippen LogP contribution in [0.25, 0.3) is 0 Å². The Kier molecular flexibility index (Phi) is 5.46. The summed E-state index contributed by atoms with van der Waals surface area (Å²) in [4.78, 5) is 14.7. The van der Waals surface area contributed by atoms with E-state index >= 15 is 0 Å². The number of methoxy groups -OCH3 is 2. The van der Waals surface area contributed by atoms with Crippen LogP contribution in [0.4, 0.5) is 5.69 Å². The van der Waals surface area contributed by atoms with Crippen molar-refractivity contribution in [2.45, 2.75) is 25.8 Å². The summed E-state index contributed by atoms with van der Waals surface area (Å²) in [6, 6.07) is 5.95. The van der Waals surface area contributed by atoms with Crippen LogP contribution in [0.3, 0.4) is 0 Å². The number of nitrogens with zero attached hydrogens (tertiary/aromatic N) is 3. The number of hydrogen-bond acceptors (Lipinski definition) is 5. The van der Waals surface area contributed by atoms with Gasteiger partial charge in [-0.05, 0) is 44.5 Å². The van der Waals surface area contributed by atoms with Gasteiger partial charge >= 0.3 is 0 Å². The molecule has 26 heavy (non-hydrogen) atoms. The highest BCUT2D eigenvalue weighted by Gasteiger charge is 2.30. The van der Waals surface area contributed by atoms with E-state index < -0.39 is 0 Å². The molecule has 0 bridgehead atoms. The fourth-order valence-electron chi connectivity index (χ4n) is 3.46. The van der Waals surface area contributed by atoms with Gasteiger partial charge in [-0.2, -0.15) is 5.10 Å². The summed E-state index contributed by atoms with van der Waals surface area (Å²) in [5.41, 5.74) is 2.76. The predicted octanol–water partition coefficient (Wildman–Crippen LogP) is 2.52. The van der Waals surface area contributed by atoms with Crippen LogP contribution in [0.1, 0.15) is 30.1 Å². The first-order valence-electron chi connectivity index (χ1n) is 8.78. The summed E-state index contributed by atoms with van der Waals surface area (Å²) in [6.45, 7) is 3.15. The first-order chi connectivity index (χ1) is 12.5. The molecule has 0 radical (unpaired) electrons. The Morgan fingerprint density at radius 1 is 1.35 bits per heavy atom. The second-order valence-electron chi connectivity index (χ2n) is 6.55. The zero-order valence-corrected chi connectivity index (χ0v) is 15.8. The number of ether oxygens (including phenoxy) is 2. The van der Waals surface area contributed by atoms with Gasteiger partial charge in [0.25, 0.3) is 0 Å². The van der Waals surface area contributed by atoms with E-state index in [0.717, 1.165) is 47.8 Å². The molecule has 1 aliphatic rings. The number of carbonyl (C=O) groups is 1. The van der Waals surface area contributed by atoms with Crippen LogP contribution in [-0.4, -0.2) is 47.9 Å². The molecule has 7 heteroatoms. The van der Waals surface area contributed by atoms with E-state index in [-0.39, 0.29) is 11.9 Å². The van der Waals surface area contributed by atoms with Gasteiger partial charge in [-0.1, -0.05) is 0 Å². The number of rotatable bonds is 6. The van der Waals surface area contributed by atoms with Crippen molar-refractivity contribution in [1.82, 2.24) is 14.7 Å². The van der Waals surface area contributed by atoms with Crippen LogP contribution < -0.4 is 14.8 Å². The average molecular weight is 358 g/mol. The van der Waals surface area contributed by atoms with Crippen molar-refractivity contribution >= 4 is 11.6 Å². The first-order valence-corrected chi connectivity index (χ1v) is 8.78. The second kappa shape index (κ2) is 7.78. The second-order valence-corrected chi connectivity index (χ2v) is 6.55. The maximum Gasteiger partial charge on any atom is 0.238 e. The lowest BCUT2D eigenvalue weighted by atomic mass is 10.0. The van der Waals surface area contributed by atoms with Crippen LogP contribution in [0.15, 0.2) is 24.4 Å². The van der Waals surface area contributed by atoms with Gasteiger partial charge in [-0.3, -0.25) is 14.4 Å². The van der Waals surface area contributed by atoms with Crippen LogP contribution in [0, 0.1) is 6.92 Å². The fraction of sp³-hybridized carbons (Fsp3) is 0.474. The minimum absolute atomic E-state index is 0.0325. The molecule has 0 saturated carbocycles. The Morgan fingerprint density at radius 3 is 2.81 bits per heavy atom. The number of amides is 1. The number of aromatic nitrogens is 2. The van der Waals surface area contributed by atoms with Gasteiger partial charge in [0.1, 0.15) is 11.5 Å². The molecule has 0 spiro atoms. The summed E-state index contributed by atoms with van der Waals surface area (Å²) in [5, 5.41) is 7.12. The zero-order chi connectivity index (χ0) is 18.7. The van der Waals surface area contributed by atoms with Crippen molar-refractivity contribution < 1.29 is 14.3 Å². The van der Waals surface area contributed by atoms with Crippen LogP contribution in [0.2, 0.25) is 0 Å². The highest BCUT2D eigenvalue weighted by molar-refractivity contribution is 5.92. The smallest absolute Gasteiger partial charge is 0.238 e. The Bertz CT molecular complexity index is 787.